The number of hydrogen-bond donors (Lipinski definition) is 0. The Hall–Kier alpha value is -7.73. The number of rotatable bonds is 6. The molecule has 280 valence electrons. The first-order chi connectivity index (χ1) is 31.8. The van der Waals surface area contributed by atoms with E-state index in [4.69, 9.17) is 21.8 Å². The Morgan fingerprint density at radius 2 is 0.933 bits per heavy atom. The molecule has 0 aliphatic rings. The van der Waals surface area contributed by atoms with E-state index in [9.17, 15) is 0 Å². The van der Waals surface area contributed by atoms with Crippen molar-refractivity contribution in [1.29, 1.82) is 0 Å². The van der Waals surface area contributed by atoms with Crippen molar-refractivity contribution in [3.05, 3.63) is 206 Å². The van der Waals surface area contributed by atoms with E-state index in [0.29, 0.717) is 11.6 Å². The minimum absolute atomic E-state index is 0.00865. The molecule has 5 heteroatoms. The highest BCUT2D eigenvalue weighted by atomic mass is 32.1. The van der Waals surface area contributed by atoms with Crippen LogP contribution in [0.1, 0.15) is 6.85 Å². The Bertz CT molecular complexity index is 3810. The molecule has 60 heavy (non-hydrogen) atoms. The Morgan fingerprint density at radius 1 is 0.383 bits per heavy atom. The molecule has 3 aromatic heterocycles. The maximum atomic E-state index is 9.03. The molecule has 0 unspecified atom stereocenters. The van der Waals surface area contributed by atoms with Gasteiger partial charge in [0.25, 0.3) is 0 Å². The molecule has 3 heterocycles. The van der Waals surface area contributed by atoms with Gasteiger partial charge in [0, 0.05) is 53.3 Å². The fourth-order valence-corrected chi connectivity index (χ4v) is 9.92. The van der Waals surface area contributed by atoms with Crippen LogP contribution in [0.4, 0.5) is 0 Å². The van der Waals surface area contributed by atoms with E-state index in [1.54, 1.807) is 11.3 Å². The molecule has 0 N–H and O–H groups in total. The standard InChI is InChI=1S/C55H34N4S/c1-3-15-35(16-4-1)36-29-31-38(32-30-36)42-24-14-25-45-47-33-40(59-49-27-11-9-22-43(49)44-23-10-12-28-50(44)59)34-48(52(47)60-51(42)45)55-57-53(39-18-5-2-6-19-39)56-54(58-55)46-26-13-20-37-17-7-8-21-41(37)46/h1-34H/i2D,5D,6D,18D,19D. The van der Waals surface area contributed by atoms with Crippen LogP contribution < -0.4 is 0 Å². The Balaban J connectivity index is 1.18. The maximum absolute atomic E-state index is 9.03. The van der Waals surface area contributed by atoms with Crippen LogP contribution in [0.3, 0.4) is 0 Å². The summed E-state index contributed by atoms with van der Waals surface area (Å²) < 4.78 is 48.0. The molecule has 12 aromatic rings. The van der Waals surface area contributed by atoms with Gasteiger partial charge in [0.05, 0.1) is 17.9 Å². The topological polar surface area (TPSA) is 43.6 Å². The summed E-state index contributed by atoms with van der Waals surface area (Å²) in [5.41, 5.74) is 8.84. The largest absolute Gasteiger partial charge is 0.309 e. The fraction of sp³-hybridized carbons (Fsp3) is 0. The monoisotopic (exact) mass is 787 g/mol. The van der Waals surface area contributed by atoms with Crippen molar-refractivity contribution in [2.75, 3.05) is 0 Å². The second kappa shape index (κ2) is 14.0. The summed E-state index contributed by atoms with van der Waals surface area (Å²) in [6.07, 6.45) is 0. The Labute approximate surface area is 357 Å². The molecule has 0 saturated carbocycles. The second-order valence-corrected chi connectivity index (χ2v) is 15.8. The zero-order valence-corrected chi connectivity index (χ0v) is 32.8. The van der Waals surface area contributed by atoms with Crippen molar-refractivity contribution >= 4 is 64.1 Å². The molecule has 12 rings (SSSR count). The number of nitrogens with zero attached hydrogens (tertiary/aromatic N) is 4. The molecule has 0 fully saturated rings. The van der Waals surface area contributed by atoms with Gasteiger partial charge in [0.2, 0.25) is 0 Å². The highest BCUT2D eigenvalue weighted by molar-refractivity contribution is 7.26. The molecule has 0 spiro atoms. The number of para-hydroxylation sites is 2. The SMILES string of the molecule is [2H]c1c([2H])c([2H])c(-c2nc(-c3cccc4ccccc34)nc(-c3cc(-n4c5ccccc5c5ccccc54)cc4c3sc3c(-c5ccc(-c6ccccc6)cc5)cccc34)n2)c([2H])c1[2H]. The van der Waals surface area contributed by atoms with Gasteiger partial charge in [-0.2, -0.15) is 0 Å². The number of thiophene rings is 1. The zero-order chi connectivity index (χ0) is 43.9. The summed E-state index contributed by atoms with van der Waals surface area (Å²) in [5.74, 6) is 0.632. The van der Waals surface area contributed by atoms with Gasteiger partial charge >= 0.3 is 0 Å². The third-order valence-corrected chi connectivity index (χ3v) is 12.6. The number of aromatic nitrogens is 4. The highest BCUT2D eigenvalue weighted by Crippen LogP contribution is 2.46. The van der Waals surface area contributed by atoms with E-state index in [1.165, 1.54) is 0 Å². The van der Waals surface area contributed by atoms with Crippen molar-refractivity contribution in [2.24, 2.45) is 0 Å². The first-order valence-electron chi connectivity index (χ1n) is 22.3. The molecule has 9 aromatic carbocycles. The van der Waals surface area contributed by atoms with Crippen molar-refractivity contribution in [2.45, 2.75) is 0 Å². The summed E-state index contributed by atoms with van der Waals surface area (Å²) >= 11 is 1.67. The molecular formula is C55H34N4S. The normalized spacial score (nSPS) is 12.8. The van der Waals surface area contributed by atoms with Gasteiger partial charge in [-0.25, -0.2) is 15.0 Å². The minimum atomic E-state index is -0.483. The van der Waals surface area contributed by atoms with Crippen LogP contribution in [0.25, 0.3) is 115 Å². The van der Waals surface area contributed by atoms with E-state index in [0.717, 1.165) is 91.8 Å². The van der Waals surface area contributed by atoms with E-state index in [-0.39, 0.29) is 23.5 Å². The fourth-order valence-electron chi connectivity index (χ4n) is 8.59. The van der Waals surface area contributed by atoms with Gasteiger partial charge in [-0.1, -0.05) is 182 Å². The average Bonchev–Trinajstić information content (AvgIpc) is 3.91. The average molecular weight is 788 g/mol. The van der Waals surface area contributed by atoms with Crippen LogP contribution >= 0.6 is 11.3 Å². The van der Waals surface area contributed by atoms with Crippen LogP contribution in [0.15, 0.2) is 206 Å². The number of benzene rings is 9. The molecule has 0 amide bonds. The minimum Gasteiger partial charge on any atom is -0.309 e. The second-order valence-electron chi connectivity index (χ2n) is 14.8. The first kappa shape index (κ1) is 29.5. The quantitative estimate of drug-likeness (QED) is 0.169. The van der Waals surface area contributed by atoms with E-state index in [1.807, 2.05) is 48.5 Å². The molecule has 0 aliphatic carbocycles. The van der Waals surface area contributed by atoms with Gasteiger partial charge < -0.3 is 4.57 Å². The molecule has 0 saturated heterocycles. The van der Waals surface area contributed by atoms with Crippen molar-refractivity contribution < 1.29 is 6.85 Å². The Morgan fingerprint density at radius 3 is 1.70 bits per heavy atom. The summed E-state index contributed by atoms with van der Waals surface area (Å²) in [5, 5.41) is 6.24. The maximum Gasteiger partial charge on any atom is 0.165 e. The first-order valence-corrected chi connectivity index (χ1v) is 20.6. The van der Waals surface area contributed by atoms with Crippen molar-refractivity contribution in [1.82, 2.24) is 19.5 Å². The molecule has 0 bridgehead atoms. The smallest absolute Gasteiger partial charge is 0.165 e. The zero-order valence-electron chi connectivity index (χ0n) is 36.9. The predicted octanol–water partition coefficient (Wildman–Crippen LogP) is 14.8. The summed E-state index contributed by atoms with van der Waals surface area (Å²) in [7, 11) is 0. The summed E-state index contributed by atoms with van der Waals surface area (Å²) in [6, 6.07) is 58.5. The lowest BCUT2D eigenvalue weighted by molar-refractivity contribution is 1.08. The van der Waals surface area contributed by atoms with E-state index in [2.05, 4.69) is 132 Å². The lowest BCUT2D eigenvalue weighted by atomic mass is 9.98. The predicted molar refractivity (Wildman–Crippen MR) is 252 cm³/mol. The van der Waals surface area contributed by atoms with Gasteiger partial charge in [-0.15, -0.1) is 11.3 Å². The van der Waals surface area contributed by atoms with E-state index < -0.39 is 18.1 Å². The van der Waals surface area contributed by atoms with Gasteiger partial charge in [-0.05, 0) is 57.3 Å². The lowest BCUT2D eigenvalue weighted by Gasteiger charge is -2.13. The van der Waals surface area contributed by atoms with Crippen LogP contribution in [0.5, 0.6) is 0 Å². The van der Waals surface area contributed by atoms with Gasteiger partial charge in [0.15, 0.2) is 17.5 Å². The third kappa shape index (κ3) is 5.63. The lowest BCUT2D eigenvalue weighted by Crippen LogP contribution is -2.01. The van der Waals surface area contributed by atoms with Crippen molar-refractivity contribution in [3.8, 4) is 62.1 Å². The Kier molecular flexibility index (Phi) is 6.87. The third-order valence-electron chi connectivity index (χ3n) is 11.4. The van der Waals surface area contributed by atoms with Crippen LogP contribution in [0, 0.1) is 0 Å². The van der Waals surface area contributed by atoms with Crippen LogP contribution in [-0.2, 0) is 0 Å². The van der Waals surface area contributed by atoms with Crippen LogP contribution in [-0.4, -0.2) is 19.5 Å². The van der Waals surface area contributed by atoms with Gasteiger partial charge in [0.1, 0.15) is 0 Å². The van der Waals surface area contributed by atoms with Crippen molar-refractivity contribution in [3.63, 3.8) is 0 Å². The van der Waals surface area contributed by atoms with E-state index >= 15 is 0 Å². The highest BCUT2D eigenvalue weighted by Gasteiger charge is 2.22. The molecule has 0 aliphatic heterocycles. The summed E-state index contributed by atoms with van der Waals surface area (Å²) in [6.45, 7) is 0. The molecule has 0 radical (unpaired) electrons. The number of hydrogen-bond acceptors (Lipinski definition) is 4. The van der Waals surface area contributed by atoms with Crippen LogP contribution in [0.2, 0.25) is 0 Å². The molecule has 4 nitrogen and oxygen atoms in total. The summed E-state index contributed by atoms with van der Waals surface area (Å²) in [4.78, 5) is 15.3. The number of fused-ring (bicyclic) bond motifs is 7. The molecular weight excluding hydrogens is 749 g/mol. The van der Waals surface area contributed by atoms with Gasteiger partial charge in [-0.3, -0.25) is 0 Å². The molecule has 0 atom stereocenters.